The Morgan fingerprint density at radius 2 is 1.35 bits per heavy atom. The number of hydrogen-bond donors (Lipinski definition) is 2. The van der Waals surface area contributed by atoms with Crippen molar-refractivity contribution in [2.75, 3.05) is 6.61 Å². The standard InChI is InChI=1S/C9H18O2.C4H11NO/c1-8(2,3)7(10)11-9(4,5)6;1-4(2,5)3-6/h1-6H3;6H,3,5H2,1-2H3. The molecule has 0 aliphatic rings. The fourth-order valence-corrected chi connectivity index (χ4v) is 0.431. The predicted molar refractivity (Wildman–Crippen MR) is 70.7 cm³/mol. The molecule has 0 fully saturated rings. The molecule has 0 saturated heterocycles. The molecule has 0 unspecified atom stereocenters. The lowest BCUT2D eigenvalue weighted by atomic mass is 9.97. The SMILES string of the molecule is CC(C)(C)OC(=O)C(C)(C)C.CC(C)(N)CO. The molecule has 0 atom stereocenters. The lowest BCUT2D eigenvalue weighted by molar-refractivity contribution is -0.164. The van der Waals surface area contributed by atoms with Crippen LogP contribution in [0.5, 0.6) is 0 Å². The van der Waals surface area contributed by atoms with Crippen molar-refractivity contribution in [3.05, 3.63) is 0 Å². The molecule has 4 nitrogen and oxygen atoms in total. The van der Waals surface area contributed by atoms with Gasteiger partial charge in [-0.15, -0.1) is 0 Å². The summed E-state index contributed by atoms with van der Waals surface area (Å²) in [6, 6.07) is 0. The number of rotatable bonds is 1. The second-order valence-electron chi connectivity index (χ2n) is 6.90. The summed E-state index contributed by atoms with van der Waals surface area (Å²) in [5.74, 6) is -0.148. The molecular formula is C13H29NO3. The number of ether oxygens (including phenoxy) is 1. The molecular weight excluding hydrogens is 218 g/mol. The van der Waals surface area contributed by atoms with Gasteiger partial charge in [-0.1, -0.05) is 0 Å². The minimum absolute atomic E-state index is 0.0486. The van der Waals surface area contributed by atoms with E-state index in [1.165, 1.54) is 0 Å². The Bertz CT molecular complexity index is 229. The smallest absolute Gasteiger partial charge is 0.311 e. The van der Waals surface area contributed by atoms with E-state index in [0.717, 1.165) is 0 Å². The lowest BCUT2D eigenvalue weighted by Gasteiger charge is -2.25. The van der Waals surface area contributed by atoms with Crippen LogP contribution in [0.3, 0.4) is 0 Å². The maximum absolute atomic E-state index is 11.3. The summed E-state index contributed by atoms with van der Waals surface area (Å²) >= 11 is 0. The summed E-state index contributed by atoms with van der Waals surface area (Å²) in [5.41, 5.74) is 4.12. The average molecular weight is 247 g/mol. The highest BCUT2D eigenvalue weighted by Gasteiger charge is 2.27. The second kappa shape index (κ2) is 6.36. The van der Waals surface area contributed by atoms with Crippen LogP contribution in [0, 0.1) is 5.41 Å². The van der Waals surface area contributed by atoms with Crippen LogP contribution in [0.25, 0.3) is 0 Å². The first-order chi connectivity index (χ1) is 7.19. The van der Waals surface area contributed by atoms with Crippen molar-refractivity contribution in [3.8, 4) is 0 Å². The largest absolute Gasteiger partial charge is 0.460 e. The van der Waals surface area contributed by atoms with Crippen LogP contribution < -0.4 is 5.73 Å². The molecule has 3 N–H and O–H groups in total. The van der Waals surface area contributed by atoms with E-state index in [4.69, 9.17) is 15.6 Å². The summed E-state index contributed by atoms with van der Waals surface area (Å²) in [6.07, 6.45) is 0. The topological polar surface area (TPSA) is 72.5 Å². The molecule has 0 aliphatic heterocycles. The van der Waals surface area contributed by atoms with Crippen molar-refractivity contribution < 1.29 is 14.6 Å². The Labute approximate surface area is 106 Å². The molecule has 0 saturated carbocycles. The highest BCUT2D eigenvalue weighted by atomic mass is 16.6. The first kappa shape index (κ1) is 18.7. The normalized spacial score (nSPS) is 12.6. The minimum Gasteiger partial charge on any atom is -0.460 e. The number of aliphatic hydroxyl groups is 1. The zero-order valence-electron chi connectivity index (χ0n) is 12.5. The van der Waals surface area contributed by atoms with Crippen LogP contribution in [0.4, 0.5) is 0 Å². The first-order valence-electron chi connectivity index (χ1n) is 5.82. The van der Waals surface area contributed by atoms with Crippen molar-refractivity contribution >= 4 is 5.97 Å². The van der Waals surface area contributed by atoms with Crippen LogP contribution in [-0.2, 0) is 9.53 Å². The molecule has 0 amide bonds. The molecule has 104 valence electrons. The molecule has 4 heteroatoms. The van der Waals surface area contributed by atoms with Gasteiger partial charge in [0.25, 0.3) is 0 Å². The van der Waals surface area contributed by atoms with Gasteiger partial charge >= 0.3 is 5.97 Å². The van der Waals surface area contributed by atoms with Crippen molar-refractivity contribution in [2.24, 2.45) is 11.1 Å². The van der Waals surface area contributed by atoms with Gasteiger partial charge in [0.05, 0.1) is 12.0 Å². The minimum atomic E-state index is -0.403. The second-order valence-corrected chi connectivity index (χ2v) is 6.90. The van der Waals surface area contributed by atoms with Crippen molar-refractivity contribution in [3.63, 3.8) is 0 Å². The van der Waals surface area contributed by atoms with Crippen LogP contribution in [-0.4, -0.2) is 28.8 Å². The summed E-state index contributed by atoms with van der Waals surface area (Å²) in [7, 11) is 0. The number of esters is 1. The Morgan fingerprint density at radius 1 is 1.06 bits per heavy atom. The molecule has 17 heavy (non-hydrogen) atoms. The van der Waals surface area contributed by atoms with E-state index < -0.39 is 11.0 Å². The van der Waals surface area contributed by atoms with E-state index in [9.17, 15) is 4.79 Å². The van der Waals surface area contributed by atoms with Gasteiger partial charge in [0.1, 0.15) is 5.60 Å². The molecule has 0 aromatic heterocycles. The van der Waals surface area contributed by atoms with Crippen molar-refractivity contribution in [1.82, 2.24) is 0 Å². The molecule has 0 aromatic carbocycles. The summed E-state index contributed by atoms with van der Waals surface area (Å²) in [5, 5.41) is 8.28. The Balaban J connectivity index is 0. The molecule has 0 rings (SSSR count). The fraction of sp³-hybridized carbons (Fsp3) is 0.923. The maximum atomic E-state index is 11.3. The van der Waals surface area contributed by atoms with E-state index in [0.29, 0.717) is 0 Å². The summed E-state index contributed by atoms with van der Waals surface area (Å²) in [6.45, 7) is 14.8. The third-order valence-electron chi connectivity index (χ3n) is 1.42. The van der Waals surface area contributed by atoms with Gasteiger partial charge in [0.2, 0.25) is 0 Å². The Kier molecular flexibility index (Phi) is 7.01. The van der Waals surface area contributed by atoms with E-state index in [1.807, 2.05) is 41.5 Å². The number of carbonyl (C=O) groups excluding carboxylic acids is 1. The monoisotopic (exact) mass is 247 g/mol. The van der Waals surface area contributed by atoms with Gasteiger partial charge in [-0.2, -0.15) is 0 Å². The quantitative estimate of drug-likeness (QED) is 0.696. The number of carbonyl (C=O) groups is 1. The molecule has 0 radical (unpaired) electrons. The predicted octanol–water partition coefficient (Wildman–Crippen LogP) is 2.09. The molecule has 0 spiro atoms. The van der Waals surface area contributed by atoms with Gasteiger partial charge in [0.15, 0.2) is 0 Å². The fourth-order valence-electron chi connectivity index (χ4n) is 0.431. The van der Waals surface area contributed by atoms with Crippen LogP contribution in [0.2, 0.25) is 0 Å². The molecule has 0 aliphatic carbocycles. The van der Waals surface area contributed by atoms with Gasteiger partial charge in [-0.25, -0.2) is 0 Å². The van der Waals surface area contributed by atoms with Crippen LogP contribution in [0.15, 0.2) is 0 Å². The number of aliphatic hydroxyl groups excluding tert-OH is 1. The van der Waals surface area contributed by atoms with E-state index in [2.05, 4.69) is 0 Å². The van der Waals surface area contributed by atoms with E-state index in [-0.39, 0.29) is 18.2 Å². The van der Waals surface area contributed by atoms with Gasteiger partial charge in [0, 0.05) is 5.54 Å². The Hall–Kier alpha value is -0.610. The van der Waals surface area contributed by atoms with Crippen LogP contribution >= 0.6 is 0 Å². The van der Waals surface area contributed by atoms with E-state index in [1.54, 1.807) is 13.8 Å². The molecule has 0 heterocycles. The first-order valence-corrected chi connectivity index (χ1v) is 5.82. The van der Waals surface area contributed by atoms with Gasteiger partial charge in [-0.3, -0.25) is 4.79 Å². The summed E-state index contributed by atoms with van der Waals surface area (Å²) in [4.78, 5) is 11.3. The summed E-state index contributed by atoms with van der Waals surface area (Å²) < 4.78 is 5.16. The van der Waals surface area contributed by atoms with Gasteiger partial charge in [-0.05, 0) is 55.4 Å². The van der Waals surface area contributed by atoms with Crippen molar-refractivity contribution in [2.45, 2.75) is 66.5 Å². The highest BCUT2D eigenvalue weighted by molar-refractivity contribution is 5.75. The van der Waals surface area contributed by atoms with Gasteiger partial charge < -0.3 is 15.6 Å². The number of nitrogens with two attached hydrogens (primary N) is 1. The Morgan fingerprint density at radius 3 is 1.41 bits per heavy atom. The molecule has 0 bridgehead atoms. The highest BCUT2D eigenvalue weighted by Crippen LogP contribution is 2.19. The third kappa shape index (κ3) is 15.4. The van der Waals surface area contributed by atoms with Crippen molar-refractivity contribution in [1.29, 1.82) is 0 Å². The zero-order valence-corrected chi connectivity index (χ0v) is 12.5. The van der Waals surface area contributed by atoms with E-state index >= 15 is 0 Å². The lowest BCUT2D eigenvalue weighted by Crippen LogP contribution is -2.35. The number of hydrogen-bond acceptors (Lipinski definition) is 4. The maximum Gasteiger partial charge on any atom is 0.311 e. The molecule has 0 aromatic rings. The zero-order chi connectivity index (χ0) is 14.5. The third-order valence-corrected chi connectivity index (χ3v) is 1.42. The van der Waals surface area contributed by atoms with Crippen LogP contribution in [0.1, 0.15) is 55.4 Å². The average Bonchev–Trinajstić information content (AvgIpc) is 1.99.